The van der Waals surface area contributed by atoms with Gasteiger partial charge in [0.2, 0.25) is 0 Å². The van der Waals surface area contributed by atoms with Crippen molar-refractivity contribution in [3.63, 3.8) is 0 Å². The molecule has 0 radical (unpaired) electrons. The summed E-state index contributed by atoms with van der Waals surface area (Å²) in [6.07, 6.45) is 2.84. The Morgan fingerprint density at radius 2 is 2.04 bits per heavy atom. The molecule has 0 saturated carbocycles. The van der Waals surface area contributed by atoms with E-state index >= 15 is 0 Å². The Bertz CT molecular complexity index is 684. The van der Waals surface area contributed by atoms with Crippen LogP contribution in [0.4, 0.5) is 0 Å². The van der Waals surface area contributed by atoms with E-state index < -0.39 is 0 Å². The first-order chi connectivity index (χ1) is 11.0. The number of halogens is 2. The molecule has 1 aliphatic heterocycles. The molecule has 3 rings (SSSR count). The maximum atomic E-state index is 12.2. The molecule has 0 aromatic carbocycles. The number of piperidine rings is 1. The first-order valence-corrected chi connectivity index (χ1v) is 7.98. The molecule has 122 valence electrons. The molecule has 2 aromatic heterocycles. The molecule has 8 heteroatoms. The zero-order valence-electron chi connectivity index (χ0n) is 12.1. The van der Waals surface area contributed by atoms with E-state index in [9.17, 15) is 9.59 Å². The Hall–Kier alpha value is -1.92. The predicted molar refractivity (Wildman–Crippen MR) is 85.9 cm³/mol. The summed E-state index contributed by atoms with van der Waals surface area (Å²) in [5.41, 5.74) is 0.328. The quantitative estimate of drug-likeness (QED) is 0.888. The van der Waals surface area contributed by atoms with Crippen molar-refractivity contribution >= 4 is 35.0 Å². The van der Waals surface area contributed by atoms with Crippen LogP contribution in [0.15, 0.2) is 28.9 Å². The van der Waals surface area contributed by atoms with Gasteiger partial charge in [-0.2, -0.15) is 0 Å². The Kier molecular flexibility index (Phi) is 4.63. The maximum Gasteiger partial charge on any atom is 0.289 e. The monoisotopic (exact) mass is 355 g/mol. The van der Waals surface area contributed by atoms with E-state index in [2.05, 4.69) is 10.3 Å². The third kappa shape index (κ3) is 3.54. The summed E-state index contributed by atoms with van der Waals surface area (Å²) in [4.78, 5) is 28.7. The van der Waals surface area contributed by atoms with E-state index in [-0.39, 0.29) is 23.0 Å². The molecule has 2 amide bonds. The number of carbonyl (C=O) groups excluding carboxylic acids is 2. The van der Waals surface area contributed by atoms with Gasteiger partial charge in [0.25, 0.3) is 11.8 Å². The number of hydrogen-bond acceptors (Lipinski definition) is 3. The standard InChI is InChI=1S/C15H15Cl2N3O3/c16-10-8-11(19-13(10)17)14(21)18-9-3-5-20(6-4-9)15(22)12-2-1-7-23-12/h1-2,7-9,19H,3-6H2,(H,18,21). The van der Waals surface area contributed by atoms with Crippen molar-refractivity contribution < 1.29 is 14.0 Å². The Labute approximate surface area is 142 Å². The molecule has 0 spiro atoms. The first kappa shape index (κ1) is 16.0. The third-order valence-corrected chi connectivity index (χ3v) is 4.51. The number of rotatable bonds is 3. The van der Waals surface area contributed by atoms with Crippen molar-refractivity contribution in [1.29, 1.82) is 0 Å². The lowest BCUT2D eigenvalue weighted by molar-refractivity contribution is 0.0667. The van der Waals surface area contributed by atoms with Crippen LogP contribution < -0.4 is 5.32 Å². The molecule has 0 bridgehead atoms. The highest BCUT2D eigenvalue weighted by molar-refractivity contribution is 6.41. The Morgan fingerprint density at radius 3 is 2.61 bits per heavy atom. The minimum absolute atomic E-state index is 0.00371. The van der Waals surface area contributed by atoms with Crippen molar-refractivity contribution in [2.75, 3.05) is 13.1 Å². The number of carbonyl (C=O) groups is 2. The van der Waals surface area contributed by atoms with Gasteiger partial charge < -0.3 is 19.6 Å². The second kappa shape index (κ2) is 6.68. The number of hydrogen-bond donors (Lipinski definition) is 2. The first-order valence-electron chi connectivity index (χ1n) is 7.22. The van der Waals surface area contributed by atoms with E-state index in [0.29, 0.717) is 42.4 Å². The molecule has 0 atom stereocenters. The fraction of sp³-hybridized carbons (Fsp3) is 0.333. The number of nitrogens with zero attached hydrogens (tertiary/aromatic N) is 1. The van der Waals surface area contributed by atoms with Crippen LogP contribution in [-0.2, 0) is 0 Å². The van der Waals surface area contributed by atoms with E-state index in [1.165, 1.54) is 12.3 Å². The van der Waals surface area contributed by atoms with Gasteiger partial charge in [0, 0.05) is 19.1 Å². The molecule has 1 fully saturated rings. The maximum absolute atomic E-state index is 12.2. The predicted octanol–water partition coefficient (Wildman–Crippen LogP) is 2.95. The summed E-state index contributed by atoms with van der Waals surface area (Å²) in [6.45, 7) is 1.13. The van der Waals surface area contributed by atoms with E-state index in [1.807, 2.05) is 0 Å². The van der Waals surface area contributed by atoms with Crippen LogP contribution in [0.1, 0.15) is 33.9 Å². The lowest BCUT2D eigenvalue weighted by Crippen LogP contribution is -2.46. The van der Waals surface area contributed by atoms with Gasteiger partial charge in [-0.3, -0.25) is 9.59 Å². The van der Waals surface area contributed by atoms with Crippen LogP contribution >= 0.6 is 23.2 Å². The highest BCUT2D eigenvalue weighted by atomic mass is 35.5. The van der Waals surface area contributed by atoms with Gasteiger partial charge >= 0.3 is 0 Å². The summed E-state index contributed by atoms with van der Waals surface area (Å²) < 4.78 is 5.12. The summed E-state index contributed by atoms with van der Waals surface area (Å²) in [5, 5.41) is 3.48. The highest BCUT2D eigenvalue weighted by Crippen LogP contribution is 2.22. The van der Waals surface area contributed by atoms with Gasteiger partial charge in [-0.05, 0) is 31.0 Å². The molecule has 2 aromatic rings. The fourth-order valence-corrected chi connectivity index (χ4v) is 2.89. The number of aromatic nitrogens is 1. The normalized spacial score (nSPS) is 15.7. The fourth-order valence-electron chi connectivity index (χ4n) is 2.57. The molecule has 3 heterocycles. The molecular formula is C15H15Cl2N3O3. The summed E-state index contributed by atoms with van der Waals surface area (Å²) >= 11 is 11.6. The van der Waals surface area contributed by atoms with Gasteiger partial charge in [0.05, 0.1) is 11.3 Å². The van der Waals surface area contributed by atoms with Crippen molar-refractivity contribution in [1.82, 2.24) is 15.2 Å². The number of furan rings is 1. The van der Waals surface area contributed by atoms with Gasteiger partial charge in [-0.15, -0.1) is 0 Å². The topological polar surface area (TPSA) is 78.3 Å². The minimum Gasteiger partial charge on any atom is -0.459 e. The van der Waals surface area contributed by atoms with Crippen LogP contribution in [0, 0.1) is 0 Å². The minimum atomic E-state index is -0.255. The molecule has 0 unspecified atom stereocenters. The molecule has 2 N–H and O–H groups in total. The summed E-state index contributed by atoms with van der Waals surface area (Å²) in [7, 11) is 0. The lowest BCUT2D eigenvalue weighted by Gasteiger charge is -2.31. The summed E-state index contributed by atoms with van der Waals surface area (Å²) in [6, 6.07) is 4.83. The number of aromatic amines is 1. The van der Waals surface area contributed by atoms with Crippen LogP contribution in [-0.4, -0.2) is 40.8 Å². The molecule has 1 aliphatic rings. The molecule has 23 heavy (non-hydrogen) atoms. The average Bonchev–Trinajstić information content (AvgIpc) is 3.18. The van der Waals surface area contributed by atoms with Crippen molar-refractivity contribution in [3.05, 3.63) is 46.1 Å². The molecular weight excluding hydrogens is 341 g/mol. The van der Waals surface area contributed by atoms with Crippen LogP contribution in [0.25, 0.3) is 0 Å². The van der Waals surface area contributed by atoms with Crippen molar-refractivity contribution in [3.8, 4) is 0 Å². The largest absolute Gasteiger partial charge is 0.459 e. The van der Waals surface area contributed by atoms with Gasteiger partial charge in [0.1, 0.15) is 10.8 Å². The number of nitrogens with one attached hydrogen (secondary N) is 2. The van der Waals surface area contributed by atoms with E-state index in [4.69, 9.17) is 27.6 Å². The molecule has 0 aliphatic carbocycles. The SMILES string of the molecule is O=C(NC1CCN(C(=O)c2ccco2)CC1)c1cc(Cl)c(Cl)[nH]1. The van der Waals surface area contributed by atoms with Crippen molar-refractivity contribution in [2.24, 2.45) is 0 Å². The Balaban J connectivity index is 1.53. The smallest absolute Gasteiger partial charge is 0.289 e. The zero-order chi connectivity index (χ0) is 16.4. The highest BCUT2D eigenvalue weighted by Gasteiger charge is 2.26. The van der Waals surface area contributed by atoms with E-state index in [1.54, 1.807) is 17.0 Å². The number of likely N-dealkylation sites (tertiary alicyclic amines) is 1. The van der Waals surface area contributed by atoms with Crippen molar-refractivity contribution in [2.45, 2.75) is 18.9 Å². The average molecular weight is 356 g/mol. The van der Waals surface area contributed by atoms with Gasteiger partial charge in [-0.1, -0.05) is 23.2 Å². The van der Waals surface area contributed by atoms with Crippen LogP contribution in [0.3, 0.4) is 0 Å². The lowest BCUT2D eigenvalue weighted by atomic mass is 10.0. The third-order valence-electron chi connectivity index (χ3n) is 3.82. The van der Waals surface area contributed by atoms with E-state index in [0.717, 1.165) is 0 Å². The van der Waals surface area contributed by atoms with Crippen LogP contribution in [0.5, 0.6) is 0 Å². The Morgan fingerprint density at radius 1 is 1.30 bits per heavy atom. The molecule has 1 saturated heterocycles. The number of H-pyrrole nitrogens is 1. The van der Waals surface area contributed by atoms with Gasteiger partial charge in [-0.25, -0.2) is 0 Å². The molecule has 6 nitrogen and oxygen atoms in total. The zero-order valence-corrected chi connectivity index (χ0v) is 13.7. The van der Waals surface area contributed by atoms with Crippen LogP contribution in [0.2, 0.25) is 10.2 Å². The summed E-state index contributed by atoms with van der Waals surface area (Å²) in [5.74, 6) is -0.0412. The second-order valence-corrected chi connectivity index (χ2v) is 6.15. The number of amides is 2. The second-order valence-electron chi connectivity index (χ2n) is 5.36. The van der Waals surface area contributed by atoms with Gasteiger partial charge in [0.15, 0.2) is 5.76 Å².